The highest BCUT2D eigenvalue weighted by molar-refractivity contribution is 7.07. The minimum atomic E-state index is -0.770. The van der Waals surface area contributed by atoms with E-state index in [4.69, 9.17) is 21.1 Å². The largest absolute Gasteiger partial charge is 0.496 e. The molecule has 0 saturated carbocycles. The Morgan fingerprint density at radius 1 is 1.14 bits per heavy atom. The van der Waals surface area contributed by atoms with Gasteiger partial charge in [0, 0.05) is 10.6 Å². The molecule has 0 amide bonds. The van der Waals surface area contributed by atoms with Crippen LogP contribution >= 0.6 is 22.9 Å². The SMILES string of the molecule is CCOC(=O)C1=C(C)N=c2s/c(=C\c3ccc(Cl)cc3)c(=O)n2C1c1c(OC)ccc2ccccc12. The summed E-state index contributed by atoms with van der Waals surface area (Å²) in [5.41, 5.74) is 2.13. The zero-order valence-electron chi connectivity index (χ0n) is 19.9. The van der Waals surface area contributed by atoms with Gasteiger partial charge in [0.2, 0.25) is 0 Å². The molecule has 1 atom stereocenters. The van der Waals surface area contributed by atoms with Gasteiger partial charge in [-0.2, -0.15) is 0 Å². The number of aromatic nitrogens is 1. The van der Waals surface area contributed by atoms with Gasteiger partial charge in [0.1, 0.15) is 11.8 Å². The average molecular weight is 519 g/mol. The number of thiazole rings is 1. The number of hydrogen-bond donors (Lipinski definition) is 0. The lowest BCUT2D eigenvalue weighted by Gasteiger charge is -2.27. The number of fused-ring (bicyclic) bond motifs is 2. The molecule has 0 radical (unpaired) electrons. The Kier molecular flexibility index (Phi) is 6.51. The van der Waals surface area contributed by atoms with Crippen molar-refractivity contribution in [1.29, 1.82) is 0 Å². The number of hydrogen-bond acceptors (Lipinski definition) is 6. The van der Waals surface area contributed by atoms with Crippen LogP contribution in [0.1, 0.15) is 31.0 Å². The van der Waals surface area contributed by atoms with Crippen LogP contribution in [0.5, 0.6) is 5.75 Å². The second-order valence-electron chi connectivity index (χ2n) is 8.26. The maximum Gasteiger partial charge on any atom is 0.338 e. The van der Waals surface area contributed by atoms with E-state index in [1.165, 1.54) is 11.3 Å². The molecule has 1 aliphatic rings. The number of halogens is 1. The van der Waals surface area contributed by atoms with Crippen LogP contribution in [0.3, 0.4) is 0 Å². The van der Waals surface area contributed by atoms with Gasteiger partial charge in [0.15, 0.2) is 4.80 Å². The molecule has 182 valence electrons. The molecule has 0 spiro atoms. The van der Waals surface area contributed by atoms with Crippen molar-refractivity contribution in [2.75, 3.05) is 13.7 Å². The summed E-state index contributed by atoms with van der Waals surface area (Å²) in [6.07, 6.45) is 1.81. The lowest BCUT2D eigenvalue weighted by molar-refractivity contribution is -0.139. The Morgan fingerprint density at radius 2 is 1.89 bits per heavy atom. The first-order chi connectivity index (χ1) is 17.4. The van der Waals surface area contributed by atoms with Gasteiger partial charge in [-0.05, 0) is 54.5 Å². The van der Waals surface area contributed by atoms with E-state index in [1.807, 2.05) is 48.5 Å². The van der Waals surface area contributed by atoms with E-state index < -0.39 is 12.0 Å². The highest BCUT2D eigenvalue weighted by Crippen LogP contribution is 2.40. The van der Waals surface area contributed by atoms with Crippen molar-refractivity contribution in [2.24, 2.45) is 4.99 Å². The van der Waals surface area contributed by atoms with Crippen molar-refractivity contribution in [1.82, 2.24) is 4.57 Å². The molecule has 6 nitrogen and oxygen atoms in total. The average Bonchev–Trinajstić information content (AvgIpc) is 3.18. The standard InChI is InChI=1S/C28H23ClN2O4S/c1-4-35-27(33)23-16(2)30-28-31(26(32)22(36-28)15-17-9-12-19(29)13-10-17)25(23)24-20-8-6-5-7-18(20)11-14-21(24)34-3/h5-15,25H,4H2,1-3H3/b22-15-. The highest BCUT2D eigenvalue weighted by atomic mass is 35.5. The molecular formula is C28H23ClN2O4S. The fourth-order valence-electron chi connectivity index (χ4n) is 4.51. The van der Waals surface area contributed by atoms with Gasteiger partial charge in [-0.25, -0.2) is 9.79 Å². The van der Waals surface area contributed by atoms with Crippen LogP contribution in [-0.2, 0) is 9.53 Å². The Balaban J connectivity index is 1.84. The first-order valence-corrected chi connectivity index (χ1v) is 12.6. The molecule has 0 bridgehead atoms. The van der Waals surface area contributed by atoms with Crippen LogP contribution in [0.15, 0.2) is 81.7 Å². The van der Waals surface area contributed by atoms with Crippen molar-refractivity contribution >= 4 is 45.8 Å². The summed E-state index contributed by atoms with van der Waals surface area (Å²) in [6.45, 7) is 3.73. The summed E-state index contributed by atoms with van der Waals surface area (Å²) in [5.74, 6) is 0.0631. The van der Waals surface area contributed by atoms with Crippen molar-refractivity contribution in [3.63, 3.8) is 0 Å². The molecule has 4 aromatic rings. The zero-order valence-corrected chi connectivity index (χ0v) is 21.5. The molecule has 1 aromatic heterocycles. The fraction of sp³-hybridized carbons (Fsp3) is 0.179. The van der Waals surface area contributed by atoms with Crippen LogP contribution in [0.25, 0.3) is 16.8 Å². The van der Waals surface area contributed by atoms with E-state index in [9.17, 15) is 9.59 Å². The molecular weight excluding hydrogens is 496 g/mol. The predicted molar refractivity (Wildman–Crippen MR) is 142 cm³/mol. The summed E-state index contributed by atoms with van der Waals surface area (Å²) < 4.78 is 13.3. The summed E-state index contributed by atoms with van der Waals surface area (Å²) in [7, 11) is 1.58. The van der Waals surface area contributed by atoms with E-state index in [0.717, 1.165) is 16.3 Å². The number of carbonyl (C=O) groups excluding carboxylic acids is 1. The number of ether oxygens (including phenoxy) is 2. The van der Waals surface area contributed by atoms with Crippen LogP contribution in [-0.4, -0.2) is 24.3 Å². The minimum Gasteiger partial charge on any atom is -0.496 e. The van der Waals surface area contributed by atoms with Gasteiger partial charge in [0.05, 0.1) is 29.5 Å². The molecule has 5 rings (SSSR count). The summed E-state index contributed by atoms with van der Waals surface area (Å²) in [6, 6.07) is 18.1. The molecule has 3 aromatic carbocycles. The van der Waals surface area contributed by atoms with Crippen LogP contribution in [0.2, 0.25) is 5.02 Å². The quantitative estimate of drug-likeness (QED) is 0.362. The third-order valence-electron chi connectivity index (χ3n) is 6.11. The zero-order chi connectivity index (χ0) is 25.4. The molecule has 2 heterocycles. The number of nitrogens with zero attached hydrogens (tertiary/aromatic N) is 2. The van der Waals surface area contributed by atoms with Gasteiger partial charge < -0.3 is 9.47 Å². The van der Waals surface area contributed by atoms with Gasteiger partial charge in [-0.3, -0.25) is 9.36 Å². The number of carbonyl (C=O) groups is 1. The summed E-state index contributed by atoms with van der Waals surface area (Å²) in [5, 5.41) is 2.46. The fourth-order valence-corrected chi connectivity index (χ4v) is 5.68. The lowest BCUT2D eigenvalue weighted by Crippen LogP contribution is -2.40. The number of benzene rings is 3. The molecule has 0 saturated heterocycles. The third-order valence-corrected chi connectivity index (χ3v) is 7.34. The third kappa shape index (κ3) is 4.14. The van der Waals surface area contributed by atoms with Crippen molar-refractivity contribution < 1.29 is 14.3 Å². The number of methoxy groups -OCH3 is 1. The van der Waals surface area contributed by atoms with Crippen molar-refractivity contribution in [3.05, 3.63) is 108 Å². The first kappa shape index (κ1) is 24.0. The highest BCUT2D eigenvalue weighted by Gasteiger charge is 2.36. The Bertz CT molecular complexity index is 1700. The maximum absolute atomic E-state index is 13.9. The summed E-state index contributed by atoms with van der Waals surface area (Å²) >= 11 is 7.30. The topological polar surface area (TPSA) is 69.9 Å². The van der Waals surface area contributed by atoms with E-state index in [0.29, 0.717) is 36.9 Å². The molecule has 0 fully saturated rings. The molecule has 36 heavy (non-hydrogen) atoms. The van der Waals surface area contributed by atoms with Crippen molar-refractivity contribution in [3.8, 4) is 5.75 Å². The summed E-state index contributed by atoms with van der Waals surface area (Å²) in [4.78, 5) is 32.3. The molecule has 0 N–H and O–H groups in total. The molecule has 1 aliphatic heterocycles. The maximum atomic E-state index is 13.9. The normalized spacial score (nSPS) is 15.6. The monoisotopic (exact) mass is 518 g/mol. The number of esters is 1. The second-order valence-corrected chi connectivity index (χ2v) is 9.70. The lowest BCUT2D eigenvalue weighted by atomic mass is 9.90. The number of rotatable bonds is 5. The van der Waals surface area contributed by atoms with E-state index in [2.05, 4.69) is 4.99 Å². The van der Waals surface area contributed by atoms with Crippen LogP contribution in [0.4, 0.5) is 0 Å². The molecule has 1 unspecified atom stereocenters. The van der Waals surface area contributed by atoms with E-state index >= 15 is 0 Å². The Labute approximate surface area is 216 Å². The van der Waals surface area contributed by atoms with Gasteiger partial charge in [-0.1, -0.05) is 65.4 Å². The minimum absolute atomic E-state index is 0.204. The molecule has 8 heteroatoms. The molecule has 0 aliphatic carbocycles. The predicted octanol–water partition coefficient (Wildman–Crippen LogP) is 4.61. The van der Waals surface area contributed by atoms with Crippen LogP contribution in [0, 0.1) is 0 Å². The van der Waals surface area contributed by atoms with Gasteiger partial charge in [-0.15, -0.1) is 0 Å². The van der Waals surface area contributed by atoms with Crippen molar-refractivity contribution in [2.45, 2.75) is 19.9 Å². The van der Waals surface area contributed by atoms with E-state index in [-0.39, 0.29) is 12.2 Å². The van der Waals surface area contributed by atoms with Gasteiger partial charge >= 0.3 is 5.97 Å². The van der Waals surface area contributed by atoms with Gasteiger partial charge in [0.25, 0.3) is 5.56 Å². The number of allylic oxidation sites excluding steroid dienone is 1. The second kappa shape index (κ2) is 9.76. The Morgan fingerprint density at radius 3 is 2.61 bits per heavy atom. The first-order valence-electron chi connectivity index (χ1n) is 11.4. The smallest absolute Gasteiger partial charge is 0.338 e. The Hall–Kier alpha value is -3.68. The van der Waals surface area contributed by atoms with E-state index in [1.54, 1.807) is 43.7 Å². The van der Waals surface area contributed by atoms with Crippen LogP contribution < -0.4 is 19.6 Å².